The number of hydrogen-bond donors (Lipinski definition) is 2. The molecular weight excluding hydrogens is 592 g/mol. The lowest BCUT2D eigenvalue weighted by molar-refractivity contribution is -0.229. The van der Waals surface area contributed by atoms with E-state index in [1.165, 1.54) is 21.5 Å². The van der Waals surface area contributed by atoms with Crippen molar-refractivity contribution in [1.82, 2.24) is 0 Å². The minimum absolute atomic E-state index is 0.313. The first-order valence-electron chi connectivity index (χ1n) is 17.1. The molecule has 1 heterocycles. The fraction of sp³-hybridized carbons (Fsp3) is 0.227. The second-order valence-corrected chi connectivity index (χ2v) is 14.0. The lowest BCUT2D eigenvalue weighted by atomic mass is 9.51. The van der Waals surface area contributed by atoms with Gasteiger partial charge in [0, 0.05) is 30.1 Å². The van der Waals surface area contributed by atoms with Crippen molar-refractivity contribution in [1.29, 1.82) is 0 Å². The smallest absolute Gasteiger partial charge is 0.169 e. The quantitative estimate of drug-likeness (QED) is 0.187. The van der Waals surface area contributed by atoms with Crippen LogP contribution in [0.3, 0.4) is 0 Å². The van der Waals surface area contributed by atoms with Crippen LogP contribution in [0.25, 0.3) is 43.1 Å². The van der Waals surface area contributed by atoms with Gasteiger partial charge < -0.3 is 19.7 Å². The second-order valence-electron chi connectivity index (χ2n) is 14.0. The van der Waals surface area contributed by atoms with Gasteiger partial charge in [0.1, 0.15) is 0 Å². The maximum absolute atomic E-state index is 13.0. The number of benzene rings is 7. The van der Waals surface area contributed by atoms with Crippen molar-refractivity contribution < 1.29 is 19.7 Å². The molecule has 0 bridgehead atoms. The molecule has 10 rings (SSSR count). The molecule has 48 heavy (non-hydrogen) atoms. The minimum Gasteiger partial charge on any atom is -0.388 e. The van der Waals surface area contributed by atoms with Crippen LogP contribution in [0, 0.1) is 5.41 Å². The van der Waals surface area contributed by atoms with E-state index in [4.69, 9.17) is 9.47 Å². The lowest BCUT2D eigenvalue weighted by Crippen LogP contribution is -2.53. The number of hydrogen-bond acceptors (Lipinski definition) is 4. The van der Waals surface area contributed by atoms with E-state index in [2.05, 4.69) is 109 Å². The normalized spacial score (nSPS) is 24.3. The Bertz CT molecular complexity index is 2230. The summed E-state index contributed by atoms with van der Waals surface area (Å²) >= 11 is 0. The highest BCUT2D eigenvalue weighted by Crippen LogP contribution is 2.72. The van der Waals surface area contributed by atoms with Gasteiger partial charge in [-0.3, -0.25) is 0 Å². The van der Waals surface area contributed by atoms with Crippen molar-refractivity contribution in [2.24, 2.45) is 5.41 Å². The zero-order chi connectivity index (χ0) is 32.0. The molecule has 4 nitrogen and oxygen atoms in total. The first-order chi connectivity index (χ1) is 23.6. The van der Waals surface area contributed by atoms with Gasteiger partial charge in [-0.15, -0.1) is 0 Å². The zero-order valence-corrected chi connectivity index (χ0v) is 26.6. The van der Waals surface area contributed by atoms with E-state index in [0.717, 1.165) is 43.8 Å². The average Bonchev–Trinajstić information content (AvgIpc) is 3.68. The molecule has 4 heteroatoms. The number of fused-ring (bicyclic) bond motifs is 7. The minimum atomic E-state index is -1.01. The van der Waals surface area contributed by atoms with Gasteiger partial charge in [0.2, 0.25) is 0 Å². The number of aliphatic hydroxyl groups excluding tert-OH is 2. The van der Waals surface area contributed by atoms with E-state index in [0.29, 0.717) is 26.1 Å². The standard InChI is InChI=1S/C44H36O4/c45-41-35-19-9-10-20-36(35)42(46)44(41)39(37-23-27-11-1-3-13-29(27)31-15-5-7-17-33(31)37)25-43(47-21-22-48-43)26-40(44)38-24-28-12-2-4-14-30(28)32-16-6-8-18-34(32)38/h1-20,23-24,39-42,45-46H,21-22,25-26H2/t39-,40-,41?,42?/m0/s1. The van der Waals surface area contributed by atoms with Crippen LogP contribution >= 0.6 is 0 Å². The molecule has 2 fully saturated rings. The molecule has 0 radical (unpaired) electrons. The van der Waals surface area contributed by atoms with Crippen LogP contribution < -0.4 is 0 Å². The molecule has 7 aromatic rings. The first kappa shape index (κ1) is 28.4. The van der Waals surface area contributed by atoms with Crippen LogP contribution in [0.1, 0.15) is 59.1 Å². The maximum Gasteiger partial charge on any atom is 0.169 e. The predicted octanol–water partition coefficient (Wildman–Crippen LogP) is 9.47. The Morgan fingerprint density at radius 2 is 0.812 bits per heavy atom. The van der Waals surface area contributed by atoms with Crippen LogP contribution in [0.5, 0.6) is 0 Å². The molecule has 2 aliphatic carbocycles. The van der Waals surface area contributed by atoms with Crippen molar-refractivity contribution in [3.8, 4) is 0 Å². The summed E-state index contributed by atoms with van der Waals surface area (Å²) in [6, 6.07) is 46.8. The highest BCUT2D eigenvalue weighted by molar-refractivity contribution is 6.10. The van der Waals surface area contributed by atoms with Gasteiger partial charge in [0.15, 0.2) is 5.79 Å². The molecule has 1 saturated heterocycles. The van der Waals surface area contributed by atoms with Crippen LogP contribution in [0.15, 0.2) is 133 Å². The SMILES string of the molecule is OC1c2ccccc2C(O)C12[C@H](c1cc3ccccc3c3ccccc13)CC1(C[C@H]2c2cc3ccccc3c3ccccc23)OCCO1. The Labute approximate surface area is 279 Å². The molecule has 3 aliphatic rings. The Morgan fingerprint density at radius 3 is 1.27 bits per heavy atom. The molecule has 2 N–H and O–H groups in total. The average molecular weight is 629 g/mol. The van der Waals surface area contributed by atoms with Gasteiger partial charge in [0.25, 0.3) is 0 Å². The van der Waals surface area contributed by atoms with E-state index in [9.17, 15) is 10.2 Å². The van der Waals surface area contributed by atoms with Gasteiger partial charge in [-0.25, -0.2) is 0 Å². The molecule has 7 aromatic carbocycles. The van der Waals surface area contributed by atoms with Crippen molar-refractivity contribution >= 4 is 43.1 Å². The number of ether oxygens (including phenoxy) is 2. The van der Waals surface area contributed by atoms with E-state index >= 15 is 0 Å². The molecule has 2 spiro atoms. The molecule has 1 aliphatic heterocycles. The lowest BCUT2D eigenvalue weighted by Gasteiger charge is -2.56. The number of aliphatic hydroxyl groups is 2. The monoisotopic (exact) mass is 628 g/mol. The molecule has 1 saturated carbocycles. The Kier molecular flexibility index (Phi) is 6.20. The van der Waals surface area contributed by atoms with Crippen LogP contribution in [0.4, 0.5) is 0 Å². The third-order valence-corrected chi connectivity index (χ3v) is 11.9. The van der Waals surface area contributed by atoms with E-state index in [1.54, 1.807) is 0 Å². The molecule has 0 aromatic heterocycles. The summed E-state index contributed by atoms with van der Waals surface area (Å²) in [5, 5.41) is 35.2. The topological polar surface area (TPSA) is 58.9 Å². The fourth-order valence-corrected chi connectivity index (χ4v) is 10.00. The predicted molar refractivity (Wildman–Crippen MR) is 191 cm³/mol. The largest absolute Gasteiger partial charge is 0.388 e. The summed E-state index contributed by atoms with van der Waals surface area (Å²) in [5.74, 6) is -1.48. The van der Waals surface area contributed by atoms with Crippen molar-refractivity contribution in [3.63, 3.8) is 0 Å². The third kappa shape index (κ3) is 3.80. The molecule has 2 unspecified atom stereocenters. The Balaban J connectivity index is 1.33. The molecule has 236 valence electrons. The Morgan fingerprint density at radius 1 is 0.438 bits per heavy atom. The summed E-state index contributed by atoms with van der Waals surface area (Å²) in [7, 11) is 0. The third-order valence-electron chi connectivity index (χ3n) is 11.9. The summed E-state index contributed by atoms with van der Waals surface area (Å²) < 4.78 is 13.3. The second kappa shape index (κ2) is 10.5. The first-order valence-corrected chi connectivity index (χ1v) is 17.1. The van der Waals surface area contributed by atoms with Crippen LogP contribution in [0.2, 0.25) is 0 Å². The summed E-state index contributed by atoms with van der Waals surface area (Å²) in [4.78, 5) is 0. The van der Waals surface area contributed by atoms with Crippen LogP contribution in [-0.2, 0) is 9.47 Å². The zero-order valence-electron chi connectivity index (χ0n) is 26.6. The van der Waals surface area contributed by atoms with Gasteiger partial charge in [-0.05, 0) is 65.3 Å². The van der Waals surface area contributed by atoms with E-state index in [-0.39, 0.29) is 11.8 Å². The molecule has 0 amide bonds. The summed E-state index contributed by atoms with van der Waals surface area (Å²) in [6.45, 7) is 1.05. The van der Waals surface area contributed by atoms with Crippen molar-refractivity contribution in [2.45, 2.75) is 42.7 Å². The summed E-state index contributed by atoms with van der Waals surface area (Å²) in [6.07, 6.45) is -0.792. The van der Waals surface area contributed by atoms with Gasteiger partial charge in [-0.1, -0.05) is 133 Å². The van der Waals surface area contributed by atoms with Gasteiger partial charge in [0.05, 0.1) is 25.4 Å². The van der Waals surface area contributed by atoms with Crippen molar-refractivity contribution in [3.05, 3.63) is 156 Å². The Hall–Kier alpha value is -4.58. The maximum atomic E-state index is 13.0. The van der Waals surface area contributed by atoms with E-state index in [1.807, 2.05) is 24.3 Å². The fourth-order valence-electron chi connectivity index (χ4n) is 10.00. The van der Waals surface area contributed by atoms with Gasteiger partial charge >= 0.3 is 0 Å². The number of rotatable bonds is 2. The van der Waals surface area contributed by atoms with E-state index < -0.39 is 23.4 Å². The highest BCUT2D eigenvalue weighted by Gasteiger charge is 2.67. The molecule has 4 atom stereocenters. The highest BCUT2D eigenvalue weighted by atomic mass is 16.7. The van der Waals surface area contributed by atoms with Gasteiger partial charge in [-0.2, -0.15) is 0 Å². The van der Waals surface area contributed by atoms with Crippen molar-refractivity contribution in [2.75, 3.05) is 13.2 Å². The summed E-state index contributed by atoms with van der Waals surface area (Å²) in [5.41, 5.74) is 2.83. The molecular formula is C44H36O4. The van der Waals surface area contributed by atoms with Crippen LogP contribution in [-0.4, -0.2) is 29.2 Å².